The summed E-state index contributed by atoms with van der Waals surface area (Å²) in [5, 5.41) is 5.16. The van der Waals surface area contributed by atoms with E-state index in [-0.39, 0.29) is 4.90 Å². The maximum Gasteiger partial charge on any atom is 0.276 e. The summed E-state index contributed by atoms with van der Waals surface area (Å²) in [6.45, 7) is 3.11. The van der Waals surface area contributed by atoms with Gasteiger partial charge in [-0.25, -0.2) is 0 Å². The molecule has 2 aromatic carbocycles. The maximum absolute atomic E-state index is 12.5. The average Bonchev–Trinajstić information content (AvgIpc) is 2.65. The number of hydrazone groups is 1. The molecular weight excluding hydrogens is 407 g/mol. The molecule has 1 aliphatic heterocycles. The van der Waals surface area contributed by atoms with Gasteiger partial charge in [-0.15, -0.1) is 5.10 Å². The van der Waals surface area contributed by atoms with Crippen LogP contribution in [-0.4, -0.2) is 57.3 Å². The molecule has 0 aliphatic carbocycles. The number of sulfonamides is 1. The highest BCUT2D eigenvalue weighted by Gasteiger charge is 2.22. The van der Waals surface area contributed by atoms with Crippen molar-refractivity contribution in [1.82, 2.24) is 14.6 Å². The molecule has 0 unspecified atom stereocenters. The first-order valence-corrected chi connectivity index (χ1v) is 10.6. The minimum absolute atomic E-state index is 0.147. The third-order valence-electron chi connectivity index (χ3n) is 4.30. The predicted molar refractivity (Wildman–Crippen MR) is 109 cm³/mol. The predicted octanol–water partition coefficient (Wildman–Crippen LogP) is 2.88. The van der Waals surface area contributed by atoms with Gasteiger partial charge in [-0.3, -0.25) is 0 Å². The van der Waals surface area contributed by atoms with Crippen molar-refractivity contribution in [2.75, 3.05) is 33.2 Å². The fourth-order valence-electron chi connectivity index (χ4n) is 2.75. The number of hydrogen-bond acceptors (Lipinski definition) is 4. The Morgan fingerprint density at radius 3 is 2.33 bits per heavy atom. The Morgan fingerprint density at radius 2 is 1.70 bits per heavy atom. The summed E-state index contributed by atoms with van der Waals surface area (Å²) in [5.74, 6) is 0.476. The van der Waals surface area contributed by atoms with Gasteiger partial charge < -0.3 is 9.80 Å². The Morgan fingerprint density at radius 1 is 1.04 bits per heavy atom. The summed E-state index contributed by atoms with van der Waals surface area (Å²) < 4.78 is 25.1. The molecule has 0 atom stereocenters. The van der Waals surface area contributed by atoms with Crippen molar-refractivity contribution in [3.63, 3.8) is 0 Å². The van der Waals surface area contributed by atoms with Gasteiger partial charge in [-0.05, 0) is 37.4 Å². The lowest BCUT2D eigenvalue weighted by Gasteiger charge is -2.34. The van der Waals surface area contributed by atoms with E-state index in [1.54, 1.807) is 36.4 Å². The summed E-state index contributed by atoms with van der Waals surface area (Å²) >= 11 is 12.4. The first-order valence-electron chi connectivity index (χ1n) is 8.40. The zero-order chi connectivity index (χ0) is 19.4. The van der Waals surface area contributed by atoms with Crippen molar-refractivity contribution in [2.45, 2.75) is 4.90 Å². The second-order valence-electron chi connectivity index (χ2n) is 6.26. The number of benzene rings is 2. The van der Waals surface area contributed by atoms with Gasteiger partial charge in [-0.2, -0.15) is 13.2 Å². The number of nitrogens with zero attached hydrogens (tertiary/aromatic N) is 3. The van der Waals surface area contributed by atoms with E-state index in [0.717, 1.165) is 13.1 Å². The fourth-order valence-corrected chi connectivity index (χ4v) is 4.07. The van der Waals surface area contributed by atoms with Crippen molar-refractivity contribution >= 4 is 39.1 Å². The molecule has 0 spiro atoms. The zero-order valence-electron chi connectivity index (χ0n) is 14.8. The molecule has 1 N–H and O–H groups in total. The molecule has 9 heteroatoms. The van der Waals surface area contributed by atoms with E-state index in [9.17, 15) is 8.42 Å². The van der Waals surface area contributed by atoms with Crippen LogP contribution < -0.4 is 4.83 Å². The highest BCUT2D eigenvalue weighted by atomic mass is 35.5. The van der Waals surface area contributed by atoms with Crippen LogP contribution in [0.15, 0.2) is 58.5 Å². The molecule has 144 valence electrons. The van der Waals surface area contributed by atoms with Crippen LogP contribution in [0.5, 0.6) is 0 Å². The monoisotopic (exact) mass is 426 g/mol. The second kappa shape index (κ2) is 8.48. The fraction of sp³-hybridized carbons (Fsp3) is 0.278. The quantitative estimate of drug-likeness (QED) is 0.463. The molecule has 3 rings (SSSR count). The van der Waals surface area contributed by atoms with E-state index in [1.807, 2.05) is 11.9 Å². The van der Waals surface area contributed by atoms with E-state index < -0.39 is 10.0 Å². The molecule has 0 radical (unpaired) electrons. The Balaban J connectivity index is 1.95. The lowest BCUT2D eigenvalue weighted by Crippen LogP contribution is -2.48. The van der Waals surface area contributed by atoms with E-state index in [4.69, 9.17) is 23.2 Å². The van der Waals surface area contributed by atoms with Crippen molar-refractivity contribution in [1.29, 1.82) is 0 Å². The lowest BCUT2D eigenvalue weighted by molar-refractivity contribution is 0.215. The van der Waals surface area contributed by atoms with Crippen LogP contribution in [0.1, 0.15) is 5.56 Å². The summed E-state index contributed by atoms with van der Waals surface area (Å²) in [7, 11) is -1.73. The van der Waals surface area contributed by atoms with Gasteiger partial charge in [0.05, 0.1) is 9.92 Å². The SMILES string of the molecule is CN1CCN(C(=NNS(=O)(=O)c2ccccc2)c2ccc(Cl)cc2Cl)CC1. The first-order chi connectivity index (χ1) is 12.9. The average molecular weight is 427 g/mol. The normalized spacial score (nSPS) is 16.4. The Labute approximate surface area is 169 Å². The molecule has 1 aliphatic rings. The standard InChI is InChI=1S/C18H20Cl2N4O2S/c1-23-9-11-24(12-10-23)18(16-8-7-14(19)13-17(16)20)21-22-27(25,26)15-5-3-2-4-6-15/h2-8,13,22H,9-12H2,1H3. The van der Waals surface area contributed by atoms with Gasteiger partial charge in [0.1, 0.15) is 0 Å². The largest absolute Gasteiger partial charge is 0.352 e. The lowest BCUT2D eigenvalue weighted by atomic mass is 10.1. The van der Waals surface area contributed by atoms with Crippen LogP contribution in [0.4, 0.5) is 0 Å². The number of rotatable bonds is 4. The molecule has 0 aromatic heterocycles. The van der Waals surface area contributed by atoms with Crippen molar-refractivity contribution in [3.05, 3.63) is 64.1 Å². The van der Waals surface area contributed by atoms with Crippen molar-refractivity contribution < 1.29 is 8.42 Å². The molecule has 2 aromatic rings. The van der Waals surface area contributed by atoms with Crippen LogP contribution in [0, 0.1) is 0 Å². The third kappa shape index (κ3) is 4.93. The van der Waals surface area contributed by atoms with Gasteiger partial charge in [0, 0.05) is 36.8 Å². The van der Waals surface area contributed by atoms with Gasteiger partial charge in [-0.1, -0.05) is 41.4 Å². The minimum atomic E-state index is -3.78. The number of likely N-dealkylation sites (N-methyl/N-ethyl adjacent to an activating group) is 1. The van der Waals surface area contributed by atoms with E-state index in [2.05, 4.69) is 14.8 Å². The van der Waals surface area contributed by atoms with Crippen LogP contribution >= 0.6 is 23.2 Å². The second-order valence-corrected chi connectivity index (χ2v) is 8.76. The number of amidine groups is 1. The maximum atomic E-state index is 12.5. The van der Waals surface area contributed by atoms with Crippen molar-refractivity contribution in [2.24, 2.45) is 5.10 Å². The van der Waals surface area contributed by atoms with E-state index >= 15 is 0 Å². The van der Waals surface area contributed by atoms with Crippen LogP contribution in [-0.2, 0) is 10.0 Å². The van der Waals surface area contributed by atoms with Gasteiger partial charge in [0.25, 0.3) is 10.0 Å². The summed E-state index contributed by atoms with van der Waals surface area (Å²) in [4.78, 5) is 6.70. The van der Waals surface area contributed by atoms with Crippen LogP contribution in [0.25, 0.3) is 0 Å². The number of piperazine rings is 1. The van der Waals surface area contributed by atoms with E-state index in [1.165, 1.54) is 12.1 Å². The molecule has 1 fully saturated rings. The molecule has 0 bridgehead atoms. The van der Waals surface area contributed by atoms with E-state index in [0.29, 0.717) is 34.5 Å². The molecular formula is C18H20Cl2N4O2S. The highest BCUT2D eigenvalue weighted by Crippen LogP contribution is 2.23. The molecule has 1 heterocycles. The minimum Gasteiger partial charge on any atom is -0.352 e. The van der Waals surface area contributed by atoms with Gasteiger partial charge >= 0.3 is 0 Å². The molecule has 1 saturated heterocycles. The highest BCUT2D eigenvalue weighted by molar-refractivity contribution is 7.89. The summed E-state index contributed by atoms with van der Waals surface area (Å²) in [6, 6.07) is 13.2. The van der Waals surface area contributed by atoms with Gasteiger partial charge in [0.2, 0.25) is 0 Å². The zero-order valence-corrected chi connectivity index (χ0v) is 17.1. The molecule has 6 nitrogen and oxygen atoms in total. The van der Waals surface area contributed by atoms with Crippen LogP contribution in [0.3, 0.4) is 0 Å². The number of nitrogens with one attached hydrogen (secondary N) is 1. The number of hydrogen-bond donors (Lipinski definition) is 1. The Bertz CT molecular complexity index is 928. The topological polar surface area (TPSA) is 65.0 Å². The molecule has 27 heavy (non-hydrogen) atoms. The Kier molecular flexibility index (Phi) is 6.26. The van der Waals surface area contributed by atoms with Gasteiger partial charge in [0.15, 0.2) is 5.84 Å². The smallest absolute Gasteiger partial charge is 0.276 e. The number of halogens is 2. The first kappa shape index (κ1) is 19.9. The molecule has 0 amide bonds. The Hall–Kier alpha value is -1.80. The third-order valence-corrected chi connectivity index (χ3v) is 6.07. The summed E-state index contributed by atoms with van der Waals surface area (Å²) in [6.07, 6.45) is 0. The van der Waals surface area contributed by atoms with Crippen LogP contribution in [0.2, 0.25) is 10.0 Å². The van der Waals surface area contributed by atoms with Crippen molar-refractivity contribution in [3.8, 4) is 0 Å². The molecule has 0 saturated carbocycles. The summed E-state index contributed by atoms with van der Waals surface area (Å²) in [5.41, 5.74) is 0.626.